The summed E-state index contributed by atoms with van der Waals surface area (Å²) in [6.07, 6.45) is 2.57. The van der Waals surface area contributed by atoms with Gasteiger partial charge in [0.15, 0.2) is 11.5 Å². The van der Waals surface area contributed by atoms with Gasteiger partial charge in [-0.3, -0.25) is 0 Å². The number of nitrogens with one attached hydrogen (secondary N) is 1. The second-order valence-corrected chi connectivity index (χ2v) is 5.28. The summed E-state index contributed by atoms with van der Waals surface area (Å²) in [7, 11) is 0. The molecule has 0 spiro atoms. The van der Waals surface area contributed by atoms with Crippen molar-refractivity contribution >= 4 is 0 Å². The minimum atomic E-state index is 0.602. The normalized spacial score (nSPS) is 17.2. The van der Waals surface area contributed by atoms with Crippen LogP contribution in [0, 0.1) is 0 Å². The summed E-state index contributed by atoms with van der Waals surface area (Å²) >= 11 is 0. The fourth-order valence-electron chi connectivity index (χ4n) is 2.36. The van der Waals surface area contributed by atoms with Gasteiger partial charge >= 0.3 is 0 Å². The number of rotatable bonds is 4. The number of furan rings is 1. The Balaban J connectivity index is 1.53. The Kier molecular flexibility index (Phi) is 2.89. The minimum absolute atomic E-state index is 0.602. The van der Waals surface area contributed by atoms with Gasteiger partial charge in [0.1, 0.15) is 24.7 Å². The highest BCUT2D eigenvalue weighted by molar-refractivity contribution is 5.63. The van der Waals surface area contributed by atoms with Gasteiger partial charge in [-0.25, -0.2) is 0 Å². The van der Waals surface area contributed by atoms with Gasteiger partial charge in [-0.05, 0) is 43.2 Å². The highest BCUT2D eigenvalue weighted by Gasteiger charge is 2.20. The maximum atomic E-state index is 5.88. The summed E-state index contributed by atoms with van der Waals surface area (Å²) in [5.74, 6) is 3.45. The lowest BCUT2D eigenvalue weighted by atomic mass is 10.1. The highest BCUT2D eigenvalue weighted by atomic mass is 16.6. The largest absolute Gasteiger partial charge is 0.486 e. The van der Waals surface area contributed by atoms with Gasteiger partial charge < -0.3 is 19.2 Å². The molecule has 104 valence electrons. The second kappa shape index (κ2) is 4.87. The lowest BCUT2D eigenvalue weighted by Crippen LogP contribution is -2.15. The monoisotopic (exact) mass is 271 g/mol. The Hall–Kier alpha value is -1.94. The van der Waals surface area contributed by atoms with Crippen molar-refractivity contribution in [1.29, 1.82) is 0 Å². The molecule has 1 saturated carbocycles. The van der Waals surface area contributed by atoms with Crippen molar-refractivity contribution in [2.45, 2.75) is 25.4 Å². The maximum absolute atomic E-state index is 5.88. The number of hydrogen-bond donors (Lipinski definition) is 1. The van der Waals surface area contributed by atoms with Crippen LogP contribution in [0.15, 0.2) is 34.7 Å². The van der Waals surface area contributed by atoms with Crippen molar-refractivity contribution in [2.75, 3.05) is 13.2 Å². The SMILES string of the molecule is c1cc2c(cc1-c1ccc(CNC3CC3)o1)OCCO2. The summed E-state index contributed by atoms with van der Waals surface area (Å²) in [6, 6.07) is 10.7. The van der Waals surface area contributed by atoms with E-state index in [4.69, 9.17) is 13.9 Å². The van der Waals surface area contributed by atoms with E-state index in [2.05, 4.69) is 5.32 Å². The van der Waals surface area contributed by atoms with E-state index in [1.807, 2.05) is 30.3 Å². The summed E-state index contributed by atoms with van der Waals surface area (Å²) in [6.45, 7) is 2.02. The molecule has 2 heterocycles. The van der Waals surface area contributed by atoms with Crippen LogP contribution >= 0.6 is 0 Å². The molecule has 1 aliphatic heterocycles. The summed E-state index contributed by atoms with van der Waals surface area (Å²) in [5.41, 5.74) is 1.02. The second-order valence-electron chi connectivity index (χ2n) is 5.28. The molecule has 0 saturated heterocycles. The summed E-state index contributed by atoms with van der Waals surface area (Å²) in [4.78, 5) is 0. The molecule has 20 heavy (non-hydrogen) atoms. The van der Waals surface area contributed by atoms with E-state index in [0.29, 0.717) is 19.3 Å². The van der Waals surface area contributed by atoms with Crippen LogP contribution in [0.4, 0.5) is 0 Å². The van der Waals surface area contributed by atoms with Crippen LogP contribution in [0.25, 0.3) is 11.3 Å². The molecule has 1 aliphatic carbocycles. The fraction of sp³-hybridized carbons (Fsp3) is 0.375. The minimum Gasteiger partial charge on any atom is -0.486 e. The smallest absolute Gasteiger partial charge is 0.162 e. The van der Waals surface area contributed by atoms with Crippen molar-refractivity contribution in [3.05, 3.63) is 36.1 Å². The first-order chi connectivity index (χ1) is 9.88. The first kappa shape index (κ1) is 11.9. The predicted octanol–water partition coefficient (Wildman–Crippen LogP) is 2.97. The van der Waals surface area contributed by atoms with Crippen LogP contribution in [0.5, 0.6) is 11.5 Å². The van der Waals surface area contributed by atoms with E-state index in [1.165, 1.54) is 12.8 Å². The van der Waals surface area contributed by atoms with Gasteiger partial charge in [0.2, 0.25) is 0 Å². The Morgan fingerprint density at radius 1 is 1.00 bits per heavy atom. The number of ether oxygens (including phenoxy) is 2. The molecule has 1 N–H and O–H groups in total. The molecule has 2 aromatic rings. The number of hydrogen-bond acceptors (Lipinski definition) is 4. The van der Waals surface area contributed by atoms with E-state index >= 15 is 0 Å². The quantitative estimate of drug-likeness (QED) is 0.928. The van der Waals surface area contributed by atoms with Crippen LogP contribution in [0.3, 0.4) is 0 Å². The van der Waals surface area contributed by atoms with Crippen molar-refractivity contribution in [3.8, 4) is 22.8 Å². The molecular weight excluding hydrogens is 254 g/mol. The third kappa shape index (κ3) is 2.39. The van der Waals surface area contributed by atoms with E-state index in [-0.39, 0.29) is 0 Å². The van der Waals surface area contributed by atoms with Crippen molar-refractivity contribution in [3.63, 3.8) is 0 Å². The molecule has 0 atom stereocenters. The number of fused-ring (bicyclic) bond motifs is 1. The molecule has 4 nitrogen and oxygen atoms in total. The van der Waals surface area contributed by atoms with E-state index < -0.39 is 0 Å². The molecule has 1 aromatic heterocycles. The van der Waals surface area contributed by atoms with Crippen LogP contribution in [-0.4, -0.2) is 19.3 Å². The molecule has 1 fully saturated rings. The van der Waals surface area contributed by atoms with Gasteiger partial charge in [-0.1, -0.05) is 0 Å². The average molecular weight is 271 g/mol. The average Bonchev–Trinajstić information content (AvgIpc) is 3.21. The van der Waals surface area contributed by atoms with Crippen LogP contribution in [-0.2, 0) is 6.54 Å². The van der Waals surface area contributed by atoms with Crippen LogP contribution in [0.1, 0.15) is 18.6 Å². The fourth-order valence-corrected chi connectivity index (χ4v) is 2.36. The molecule has 2 aliphatic rings. The van der Waals surface area contributed by atoms with E-state index in [0.717, 1.165) is 35.1 Å². The molecule has 0 amide bonds. The zero-order valence-corrected chi connectivity index (χ0v) is 11.2. The van der Waals surface area contributed by atoms with Crippen molar-refractivity contribution < 1.29 is 13.9 Å². The summed E-state index contributed by atoms with van der Waals surface area (Å²) in [5, 5.41) is 3.45. The zero-order chi connectivity index (χ0) is 13.4. The van der Waals surface area contributed by atoms with Crippen LogP contribution < -0.4 is 14.8 Å². The van der Waals surface area contributed by atoms with Crippen molar-refractivity contribution in [2.24, 2.45) is 0 Å². The molecule has 0 radical (unpaired) electrons. The Labute approximate surface area is 117 Å². The Morgan fingerprint density at radius 2 is 1.85 bits per heavy atom. The third-order valence-electron chi connectivity index (χ3n) is 3.63. The van der Waals surface area contributed by atoms with Gasteiger partial charge in [0.25, 0.3) is 0 Å². The van der Waals surface area contributed by atoms with Crippen LogP contribution in [0.2, 0.25) is 0 Å². The third-order valence-corrected chi connectivity index (χ3v) is 3.63. The molecule has 4 heteroatoms. The molecule has 0 unspecified atom stereocenters. The molecule has 0 bridgehead atoms. The molecular formula is C16H17NO3. The molecule has 4 rings (SSSR count). The topological polar surface area (TPSA) is 43.6 Å². The standard InChI is InChI=1S/C16H17NO3/c1-5-15-16(19-8-7-18-15)9-11(1)14-6-4-13(20-14)10-17-12-2-3-12/h1,4-6,9,12,17H,2-3,7-8,10H2. The van der Waals surface area contributed by atoms with Gasteiger partial charge in [-0.15, -0.1) is 0 Å². The maximum Gasteiger partial charge on any atom is 0.162 e. The zero-order valence-electron chi connectivity index (χ0n) is 11.2. The van der Waals surface area contributed by atoms with Gasteiger partial charge in [-0.2, -0.15) is 0 Å². The van der Waals surface area contributed by atoms with Gasteiger partial charge in [0, 0.05) is 11.6 Å². The van der Waals surface area contributed by atoms with E-state index in [1.54, 1.807) is 0 Å². The lowest BCUT2D eigenvalue weighted by molar-refractivity contribution is 0.171. The van der Waals surface area contributed by atoms with Gasteiger partial charge in [0.05, 0.1) is 6.54 Å². The van der Waals surface area contributed by atoms with E-state index in [9.17, 15) is 0 Å². The first-order valence-electron chi connectivity index (χ1n) is 7.10. The lowest BCUT2D eigenvalue weighted by Gasteiger charge is -2.18. The highest BCUT2D eigenvalue weighted by Crippen LogP contribution is 2.35. The molecule has 1 aromatic carbocycles. The Morgan fingerprint density at radius 3 is 2.70 bits per heavy atom. The van der Waals surface area contributed by atoms with Crippen molar-refractivity contribution in [1.82, 2.24) is 5.32 Å². The Bertz CT molecular complexity index is 616. The first-order valence-corrected chi connectivity index (χ1v) is 7.10. The summed E-state index contributed by atoms with van der Waals surface area (Å²) < 4.78 is 17.0. The number of benzene rings is 1. The predicted molar refractivity (Wildman–Crippen MR) is 75.0 cm³/mol.